The summed E-state index contributed by atoms with van der Waals surface area (Å²) < 4.78 is 25.9. The van der Waals surface area contributed by atoms with Crippen molar-refractivity contribution in [3.8, 4) is 0 Å². The van der Waals surface area contributed by atoms with E-state index in [4.69, 9.17) is 11.6 Å². The van der Waals surface area contributed by atoms with Crippen molar-refractivity contribution in [2.24, 2.45) is 0 Å². The van der Waals surface area contributed by atoms with Crippen LogP contribution in [-0.2, 0) is 14.8 Å². The smallest absolute Gasteiger partial charge is 0.243 e. The highest BCUT2D eigenvalue weighted by molar-refractivity contribution is 7.89. The predicted molar refractivity (Wildman–Crippen MR) is 99.2 cm³/mol. The first kappa shape index (κ1) is 20.2. The Morgan fingerprint density at radius 3 is 2.48 bits per heavy atom. The molecule has 0 atom stereocenters. The van der Waals surface area contributed by atoms with Gasteiger partial charge in [0, 0.05) is 18.6 Å². The van der Waals surface area contributed by atoms with E-state index in [1.807, 2.05) is 0 Å². The topological polar surface area (TPSA) is 69.7 Å². The van der Waals surface area contributed by atoms with Crippen molar-refractivity contribution in [1.82, 2.24) is 14.5 Å². The highest BCUT2D eigenvalue weighted by Crippen LogP contribution is 2.17. The molecular formula is C17H26ClN3O3S. The molecule has 0 aromatic heterocycles. The summed E-state index contributed by atoms with van der Waals surface area (Å²) in [6, 6.07) is 5.90. The van der Waals surface area contributed by atoms with Crippen molar-refractivity contribution >= 4 is 27.5 Å². The molecule has 2 rings (SSSR count). The number of carbonyl (C=O) groups excluding carboxylic acids is 1. The summed E-state index contributed by atoms with van der Waals surface area (Å²) >= 11 is 5.78. The second-order valence-electron chi connectivity index (χ2n) is 6.32. The summed E-state index contributed by atoms with van der Waals surface area (Å²) in [4.78, 5) is 14.5. The van der Waals surface area contributed by atoms with Crippen LogP contribution in [0.25, 0.3) is 0 Å². The summed E-state index contributed by atoms with van der Waals surface area (Å²) in [5.74, 6) is -0.293. The average Bonchev–Trinajstić information content (AvgIpc) is 2.60. The van der Waals surface area contributed by atoms with Crippen LogP contribution < -0.4 is 5.32 Å². The van der Waals surface area contributed by atoms with Crippen LogP contribution in [0, 0.1) is 0 Å². The molecule has 0 bridgehead atoms. The van der Waals surface area contributed by atoms with E-state index in [-0.39, 0.29) is 17.3 Å². The average molecular weight is 388 g/mol. The van der Waals surface area contributed by atoms with Crippen LogP contribution in [0.1, 0.15) is 25.7 Å². The van der Waals surface area contributed by atoms with E-state index in [1.165, 1.54) is 50.6 Å². The van der Waals surface area contributed by atoms with Crippen molar-refractivity contribution in [2.45, 2.75) is 30.6 Å². The molecule has 1 N–H and O–H groups in total. The lowest BCUT2D eigenvalue weighted by molar-refractivity contribution is -0.121. The van der Waals surface area contributed by atoms with Crippen LogP contribution in [0.4, 0.5) is 0 Å². The molecule has 140 valence electrons. The molecule has 1 fully saturated rings. The Balaban J connectivity index is 1.74. The van der Waals surface area contributed by atoms with E-state index < -0.39 is 10.0 Å². The lowest BCUT2D eigenvalue weighted by Gasteiger charge is -2.26. The zero-order chi connectivity index (χ0) is 18.3. The summed E-state index contributed by atoms with van der Waals surface area (Å²) in [6.07, 6.45) is 4.68. The van der Waals surface area contributed by atoms with E-state index in [0.29, 0.717) is 11.6 Å². The van der Waals surface area contributed by atoms with Crippen LogP contribution in [-0.4, -0.2) is 63.3 Å². The van der Waals surface area contributed by atoms with Gasteiger partial charge in [0.05, 0.1) is 11.4 Å². The molecule has 1 heterocycles. The summed E-state index contributed by atoms with van der Waals surface area (Å²) in [6.45, 7) is 3.60. The third kappa shape index (κ3) is 6.26. The van der Waals surface area contributed by atoms with Crippen molar-refractivity contribution in [2.75, 3.05) is 39.8 Å². The second-order valence-corrected chi connectivity index (χ2v) is 8.80. The minimum Gasteiger partial charge on any atom is -0.355 e. The zero-order valence-corrected chi connectivity index (χ0v) is 16.2. The second kappa shape index (κ2) is 9.52. The van der Waals surface area contributed by atoms with Gasteiger partial charge in [-0.15, -0.1) is 0 Å². The first-order valence-electron chi connectivity index (χ1n) is 8.60. The predicted octanol–water partition coefficient (Wildman–Crippen LogP) is 1.95. The Morgan fingerprint density at radius 2 is 1.84 bits per heavy atom. The third-order valence-electron chi connectivity index (χ3n) is 4.31. The number of halogens is 1. The zero-order valence-electron chi connectivity index (χ0n) is 14.6. The Hall–Kier alpha value is -1.15. The van der Waals surface area contributed by atoms with Gasteiger partial charge in [-0.3, -0.25) is 4.79 Å². The lowest BCUT2D eigenvalue weighted by atomic mass is 10.1. The molecule has 0 radical (unpaired) electrons. The van der Waals surface area contributed by atoms with Gasteiger partial charge >= 0.3 is 0 Å². The van der Waals surface area contributed by atoms with E-state index >= 15 is 0 Å². The Labute approximate surface area is 155 Å². The van der Waals surface area contributed by atoms with Crippen LogP contribution >= 0.6 is 11.6 Å². The maximum Gasteiger partial charge on any atom is 0.243 e. The maximum atomic E-state index is 12.4. The molecule has 1 aromatic carbocycles. The van der Waals surface area contributed by atoms with Gasteiger partial charge in [0.1, 0.15) is 0 Å². The normalized spacial score (nSPS) is 16.1. The quantitative estimate of drug-likeness (QED) is 0.692. The number of nitrogens with one attached hydrogen (secondary N) is 1. The molecule has 0 aliphatic carbocycles. The monoisotopic (exact) mass is 387 g/mol. The number of amides is 1. The number of nitrogens with zero attached hydrogens (tertiary/aromatic N) is 2. The number of hydrogen-bond acceptors (Lipinski definition) is 4. The molecular weight excluding hydrogens is 362 g/mol. The number of carbonyl (C=O) groups is 1. The largest absolute Gasteiger partial charge is 0.355 e. The summed E-state index contributed by atoms with van der Waals surface area (Å²) in [7, 11) is -2.29. The number of piperidine rings is 1. The van der Waals surface area contributed by atoms with Crippen LogP contribution in [0.5, 0.6) is 0 Å². The summed E-state index contributed by atoms with van der Waals surface area (Å²) in [5, 5.41) is 3.26. The molecule has 6 nitrogen and oxygen atoms in total. The Morgan fingerprint density at radius 1 is 1.20 bits per heavy atom. The van der Waals surface area contributed by atoms with Gasteiger partial charge in [-0.1, -0.05) is 18.0 Å². The molecule has 1 amide bonds. The number of hydrogen-bond donors (Lipinski definition) is 1. The van der Waals surface area contributed by atoms with Gasteiger partial charge < -0.3 is 10.2 Å². The number of benzene rings is 1. The third-order valence-corrected chi connectivity index (χ3v) is 6.38. The minimum atomic E-state index is -3.69. The maximum absolute atomic E-state index is 12.4. The molecule has 1 aliphatic rings. The first-order valence-corrected chi connectivity index (χ1v) is 10.4. The van der Waals surface area contributed by atoms with Gasteiger partial charge in [-0.05, 0) is 63.2 Å². The van der Waals surface area contributed by atoms with Gasteiger partial charge in [-0.25, -0.2) is 8.42 Å². The molecule has 1 aliphatic heterocycles. The van der Waals surface area contributed by atoms with Gasteiger partial charge in [0.25, 0.3) is 0 Å². The number of likely N-dealkylation sites (tertiary alicyclic amines) is 1. The van der Waals surface area contributed by atoms with E-state index in [9.17, 15) is 13.2 Å². The van der Waals surface area contributed by atoms with Crippen LogP contribution in [0.3, 0.4) is 0 Å². The fraction of sp³-hybridized carbons (Fsp3) is 0.588. The standard InChI is InChI=1S/C17H26ClN3O3S/c1-20(25(23,24)16-8-6-15(18)7-9-16)14-17(22)19-10-5-13-21-11-3-2-4-12-21/h6-9H,2-5,10-14H2,1H3,(H,19,22). The van der Waals surface area contributed by atoms with Crippen molar-refractivity contribution < 1.29 is 13.2 Å². The van der Waals surface area contributed by atoms with Crippen molar-refractivity contribution in [1.29, 1.82) is 0 Å². The SMILES string of the molecule is CN(CC(=O)NCCCN1CCCCC1)S(=O)(=O)c1ccc(Cl)cc1. The number of sulfonamides is 1. The van der Waals surface area contributed by atoms with Gasteiger partial charge in [0.15, 0.2) is 0 Å². The first-order chi connectivity index (χ1) is 11.9. The minimum absolute atomic E-state index is 0.122. The fourth-order valence-electron chi connectivity index (χ4n) is 2.84. The molecule has 25 heavy (non-hydrogen) atoms. The fourth-order valence-corrected chi connectivity index (χ4v) is 4.10. The number of rotatable bonds is 8. The van der Waals surface area contributed by atoms with Crippen molar-refractivity contribution in [3.63, 3.8) is 0 Å². The molecule has 0 spiro atoms. The van der Waals surface area contributed by atoms with Gasteiger partial charge in [0.2, 0.25) is 15.9 Å². The molecule has 0 saturated carbocycles. The molecule has 8 heteroatoms. The van der Waals surface area contributed by atoms with E-state index in [2.05, 4.69) is 10.2 Å². The lowest BCUT2D eigenvalue weighted by Crippen LogP contribution is -2.39. The van der Waals surface area contributed by atoms with Crippen molar-refractivity contribution in [3.05, 3.63) is 29.3 Å². The van der Waals surface area contributed by atoms with Crippen LogP contribution in [0.2, 0.25) is 5.02 Å². The Kier molecular flexibility index (Phi) is 7.68. The highest BCUT2D eigenvalue weighted by atomic mass is 35.5. The molecule has 1 aromatic rings. The Bertz CT molecular complexity index is 658. The number of likely N-dealkylation sites (N-methyl/N-ethyl adjacent to an activating group) is 1. The van der Waals surface area contributed by atoms with Gasteiger partial charge in [-0.2, -0.15) is 4.31 Å². The van der Waals surface area contributed by atoms with E-state index in [0.717, 1.165) is 30.4 Å². The summed E-state index contributed by atoms with van der Waals surface area (Å²) in [5.41, 5.74) is 0. The highest BCUT2D eigenvalue weighted by Gasteiger charge is 2.22. The molecule has 1 saturated heterocycles. The van der Waals surface area contributed by atoms with Crippen LogP contribution in [0.15, 0.2) is 29.2 Å². The van der Waals surface area contributed by atoms with E-state index in [1.54, 1.807) is 0 Å². The molecule has 0 unspecified atom stereocenters.